The molecule has 2 fully saturated rings. The lowest BCUT2D eigenvalue weighted by atomic mass is 9.91. The van der Waals surface area contributed by atoms with E-state index in [1.54, 1.807) is 5.57 Å². The van der Waals surface area contributed by atoms with Gasteiger partial charge in [-0.2, -0.15) is 0 Å². The fraction of sp³-hybridized carbons (Fsp3) is 0.550. The highest BCUT2D eigenvalue weighted by Gasteiger charge is 2.40. The molecule has 2 aliphatic rings. The summed E-state index contributed by atoms with van der Waals surface area (Å²) in [7, 11) is 0. The number of carboxylic acid groups (broad SMARTS) is 1. The molecule has 24 heavy (non-hydrogen) atoms. The minimum absolute atomic E-state index is 0.139. The van der Waals surface area contributed by atoms with Gasteiger partial charge in [0.15, 0.2) is 0 Å². The van der Waals surface area contributed by atoms with Gasteiger partial charge in [0.05, 0.1) is 0 Å². The number of rotatable bonds is 6. The first-order valence-electron chi connectivity index (χ1n) is 9.16. The molecule has 0 aliphatic heterocycles. The van der Waals surface area contributed by atoms with Crippen molar-refractivity contribution in [1.29, 1.82) is 0 Å². The van der Waals surface area contributed by atoms with Crippen LogP contribution in [0.2, 0.25) is 0 Å². The van der Waals surface area contributed by atoms with E-state index in [-0.39, 0.29) is 6.04 Å². The third-order valence-corrected chi connectivity index (χ3v) is 5.33. The van der Waals surface area contributed by atoms with E-state index in [1.165, 1.54) is 12.0 Å². The number of hydrogen-bond acceptors (Lipinski definition) is 2. The third-order valence-electron chi connectivity index (χ3n) is 5.33. The zero-order valence-electron chi connectivity index (χ0n) is 14.4. The first-order chi connectivity index (χ1) is 11.7. The van der Waals surface area contributed by atoms with E-state index in [4.69, 9.17) is 5.11 Å². The van der Waals surface area contributed by atoms with E-state index < -0.39 is 6.09 Å². The van der Waals surface area contributed by atoms with Crippen molar-refractivity contribution in [1.82, 2.24) is 10.6 Å². The Bertz CT molecular complexity index is 577. The summed E-state index contributed by atoms with van der Waals surface area (Å²) in [5.74, 6) is 0.671. The molecule has 1 aromatic rings. The van der Waals surface area contributed by atoms with Gasteiger partial charge in [0, 0.05) is 18.1 Å². The zero-order valence-corrected chi connectivity index (χ0v) is 14.4. The van der Waals surface area contributed by atoms with Gasteiger partial charge in [0.1, 0.15) is 0 Å². The van der Waals surface area contributed by atoms with Gasteiger partial charge >= 0.3 is 6.09 Å². The van der Waals surface area contributed by atoms with Crippen molar-refractivity contribution in [2.75, 3.05) is 0 Å². The maximum atomic E-state index is 10.7. The maximum absolute atomic E-state index is 10.7. The first-order valence-corrected chi connectivity index (χ1v) is 9.16. The van der Waals surface area contributed by atoms with Crippen molar-refractivity contribution < 1.29 is 9.90 Å². The Labute approximate surface area is 144 Å². The number of nitrogens with one attached hydrogen (secondary N) is 2. The predicted octanol–water partition coefficient (Wildman–Crippen LogP) is 4.04. The Morgan fingerprint density at radius 1 is 1.17 bits per heavy atom. The van der Waals surface area contributed by atoms with Gasteiger partial charge in [-0.1, -0.05) is 48.9 Å². The Hall–Kier alpha value is -1.81. The minimum atomic E-state index is -0.896. The molecule has 130 valence electrons. The second-order valence-electron chi connectivity index (χ2n) is 7.10. The van der Waals surface area contributed by atoms with E-state index in [0.29, 0.717) is 18.0 Å². The topological polar surface area (TPSA) is 61.4 Å². The van der Waals surface area contributed by atoms with Crippen LogP contribution in [0, 0.1) is 5.92 Å². The molecule has 1 aromatic carbocycles. The van der Waals surface area contributed by atoms with Crippen LogP contribution in [0.3, 0.4) is 0 Å². The van der Waals surface area contributed by atoms with Crippen LogP contribution in [0.1, 0.15) is 51.0 Å². The molecule has 4 nitrogen and oxygen atoms in total. The molecular weight excluding hydrogens is 300 g/mol. The van der Waals surface area contributed by atoms with Gasteiger partial charge in [0.25, 0.3) is 0 Å². The van der Waals surface area contributed by atoms with Crippen molar-refractivity contribution >= 4 is 12.2 Å². The normalized spacial score (nSPS) is 30.0. The van der Waals surface area contributed by atoms with Crippen LogP contribution in [-0.4, -0.2) is 29.3 Å². The molecular formula is C20H28N2O2. The standard InChI is InChI=1S/C20H28N2O2/c1-2-15(12-14-6-4-3-5-7-14)18-13-19(18)21-16-8-10-17(11-9-16)22-20(23)24/h3-7,12,16-19,21-22H,2,8-11,13H2,1H3,(H,23,24)/t16?,17?,18?,19-/m0/s1. The molecule has 0 spiro atoms. The summed E-state index contributed by atoms with van der Waals surface area (Å²) >= 11 is 0. The molecule has 0 heterocycles. The lowest BCUT2D eigenvalue weighted by Gasteiger charge is -2.29. The molecule has 0 saturated heterocycles. The molecule has 2 atom stereocenters. The van der Waals surface area contributed by atoms with Crippen molar-refractivity contribution in [2.24, 2.45) is 5.92 Å². The van der Waals surface area contributed by atoms with Crippen LogP contribution in [-0.2, 0) is 0 Å². The average Bonchev–Trinajstić information content (AvgIpc) is 3.34. The van der Waals surface area contributed by atoms with Crippen LogP contribution < -0.4 is 10.6 Å². The Morgan fingerprint density at radius 2 is 1.83 bits per heavy atom. The van der Waals surface area contributed by atoms with Crippen LogP contribution in [0.15, 0.2) is 35.9 Å². The van der Waals surface area contributed by atoms with Crippen LogP contribution in [0.25, 0.3) is 6.08 Å². The van der Waals surface area contributed by atoms with E-state index in [9.17, 15) is 4.79 Å². The Balaban J connectivity index is 1.47. The van der Waals surface area contributed by atoms with Gasteiger partial charge in [0.2, 0.25) is 0 Å². The fourth-order valence-electron chi connectivity index (χ4n) is 3.91. The summed E-state index contributed by atoms with van der Waals surface area (Å²) in [5.41, 5.74) is 2.83. The van der Waals surface area contributed by atoms with E-state index >= 15 is 0 Å². The quantitative estimate of drug-likeness (QED) is 0.738. The van der Waals surface area contributed by atoms with Gasteiger partial charge in [-0.3, -0.25) is 0 Å². The summed E-state index contributed by atoms with van der Waals surface area (Å²) in [5, 5.41) is 15.2. The largest absolute Gasteiger partial charge is 0.465 e. The summed E-state index contributed by atoms with van der Waals surface area (Å²) in [6.45, 7) is 2.24. The maximum Gasteiger partial charge on any atom is 0.404 e. The fourth-order valence-corrected chi connectivity index (χ4v) is 3.91. The minimum Gasteiger partial charge on any atom is -0.465 e. The van der Waals surface area contributed by atoms with E-state index in [1.807, 2.05) is 0 Å². The Kier molecular flexibility index (Phi) is 5.56. The van der Waals surface area contributed by atoms with Gasteiger partial charge in [-0.15, -0.1) is 0 Å². The summed E-state index contributed by atoms with van der Waals surface area (Å²) in [4.78, 5) is 10.7. The molecule has 3 N–H and O–H groups in total. The SMILES string of the molecule is CCC(=Cc1ccccc1)C1C[C@@H]1NC1CCC(NC(=O)O)CC1. The molecule has 0 radical (unpaired) electrons. The highest BCUT2D eigenvalue weighted by atomic mass is 16.4. The zero-order chi connectivity index (χ0) is 16.9. The Morgan fingerprint density at radius 3 is 2.46 bits per heavy atom. The summed E-state index contributed by atoms with van der Waals surface area (Å²) in [6.07, 6.45) is 7.82. The summed E-state index contributed by atoms with van der Waals surface area (Å²) in [6, 6.07) is 11.8. The molecule has 0 aromatic heterocycles. The van der Waals surface area contributed by atoms with Crippen molar-refractivity contribution in [3.8, 4) is 0 Å². The predicted molar refractivity (Wildman–Crippen MR) is 96.9 cm³/mol. The second kappa shape index (κ2) is 7.84. The number of hydrogen-bond donors (Lipinski definition) is 3. The van der Waals surface area contributed by atoms with Crippen LogP contribution >= 0.6 is 0 Å². The van der Waals surface area contributed by atoms with Gasteiger partial charge in [-0.05, 0) is 50.0 Å². The van der Waals surface area contributed by atoms with Gasteiger partial charge < -0.3 is 15.7 Å². The molecule has 2 saturated carbocycles. The lowest BCUT2D eigenvalue weighted by molar-refractivity contribution is 0.183. The molecule has 4 heteroatoms. The third kappa shape index (κ3) is 4.60. The van der Waals surface area contributed by atoms with Crippen LogP contribution in [0.4, 0.5) is 4.79 Å². The van der Waals surface area contributed by atoms with E-state index in [0.717, 1.165) is 32.1 Å². The second-order valence-corrected chi connectivity index (χ2v) is 7.10. The van der Waals surface area contributed by atoms with E-state index in [2.05, 4.69) is 54.0 Å². The first kappa shape index (κ1) is 17.0. The molecule has 3 rings (SSSR count). The highest BCUT2D eigenvalue weighted by molar-refractivity contribution is 5.64. The van der Waals surface area contributed by atoms with Gasteiger partial charge in [-0.25, -0.2) is 4.79 Å². The van der Waals surface area contributed by atoms with Crippen molar-refractivity contribution in [2.45, 2.75) is 63.6 Å². The molecule has 2 aliphatic carbocycles. The molecule has 1 amide bonds. The molecule has 1 unspecified atom stereocenters. The monoisotopic (exact) mass is 328 g/mol. The van der Waals surface area contributed by atoms with Crippen molar-refractivity contribution in [3.63, 3.8) is 0 Å². The van der Waals surface area contributed by atoms with Crippen molar-refractivity contribution in [3.05, 3.63) is 41.5 Å². The summed E-state index contributed by atoms with van der Waals surface area (Å²) < 4.78 is 0. The van der Waals surface area contributed by atoms with Crippen LogP contribution in [0.5, 0.6) is 0 Å². The number of amides is 1. The smallest absolute Gasteiger partial charge is 0.404 e. The average molecular weight is 328 g/mol. The highest BCUT2D eigenvalue weighted by Crippen LogP contribution is 2.40. The molecule has 0 bridgehead atoms. The lowest BCUT2D eigenvalue weighted by Crippen LogP contribution is -2.42. The number of benzene rings is 1. The number of carbonyl (C=O) groups is 1.